The fraction of sp³-hybridized carbons (Fsp3) is 0.737. The maximum atomic E-state index is 11.2. The molecule has 1 heterocycles. The van der Waals surface area contributed by atoms with E-state index in [0.29, 0.717) is 35.5 Å². The molecule has 0 aromatic carbocycles. The minimum atomic E-state index is 0.0744. The number of H-pyrrole nitrogens is 1. The predicted octanol–water partition coefficient (Wildman–Crippen LogP) is 7.24. The van der Waals surface area contributed by atoms with Crippen molar-refractivity contribution in [2.75, 3.05) is 19.8 Å². The Hall–Kier alpha value is -1.62. The largest absolute Gasteiger partial charge is 0.396 e. The predicted molar refractivity (Wildman–Crippen MR) is 168 cm³/mol. The van der Waals surface area contributed by atoms with Crippen LogP contribution < -0.4 is 0 Å². The Morgan fingerprint density at radius 3 is 2.67 bits per heavy atom. The van der Waals surface area contributed by atoms with Gasteiger partial charge in [-0.15, -0.1) is 0 Å². The highest BCUT2D eigenvalue weighted by atomic mass is 16.3. The Balaban J connectivity index is 1.29. The van der Waals surface area contributed by atoms with E-state index in [1.165, 1.54) is 49.7 Å². The number of allylic oxidation sites excluding steroid dienone is 5. The second kappa shape index (κ2) is 9.94. The highest BCUT2D eigenvalue weighted by molar-refractivity contribution is 5.56. The van der Waals surface area contributed by atoms with Gasteiger partial charge in [0.05, 0.1) is 0 Å². The van der Waals surface area contributed by atoms with Crippen LogP contribution in [0, 0.1) is 62.6 Å². The quantitative estimate of drug-likeness (QED) is 0.235. The molecule has 0 bridgehead atoms. The fourth-order valence-corrected chi connectivity index (χ4v) is 13.5. The van der Waals surface area contributed by atoms with Crippen LogP contribution in [0.3, 0.4) is 0 Å². The average molecular weight is 574 g/mol. The Labute approximate surface area is 253 Å². The summed E-state index contributed by atoms with van der Waals surface area (Å²) in [5, 5.41) is 31.3. The van der Waals surface area contributed by atoms with Gasteiger partial charge in [-0.25, -0.2) is 0 Å². The zero-order chi connectivity index (χ0) is 29.5. The molecule has 4 nitrogen and oxygen atoms in total. The number of hydrogen-bond donors (Lipinski definition) is 4. The maximum Gasteiger partial charge on any atom is 0.0467 e. The zero-order valence-electron chi connectivity index (χ0n) is 26.4. The second-order valence-corrected chi connectivity index (χ2v) is 16.5. The van der Waals surface area contributed by atoms with Gasteiger partial charge in [-0.2, -0.15) is 0 Å². The van der Waals surface area contributed by atoms with Crippen LogP contribution in [0.15, 0.2) is 54.4 Å². The van der Waals surface area contributed by atoms with Gasteiger partial charge < -0.3 is 20.3 Å². The van der Waals surface area contributed by atoms with Crippen LogP contribution in [-0.4, -0.2) is 40.1 Å². The smallest absolute Gasteiger partial charge is 0.0467 e. The van der Waals surface area contributed by atoms with E-state index < -0.39 is 0 Å². The van der Waals surface area contributed by atoms with E-state index in [4.69, 9.17) is 6.58 Å². The summed E-state index contributed by atoms with van der Waals surface area (Å²) >= 11 is 0. The van der Waals surface area contributed by atoms with Crippen LogP contribution in [-0.2, 0) is 6.42 Å². The van der Waals surface area contributed by atoms with Crippen LogP contribution in [0.2, 0.25) is 0 Å². The number of rotatable bonds is 9. The number of aromatic nitrogens is 1. The van der Waals surface area contributed by atoms with E-state index in [2.05, 4.69) is 56.2 Å². The van der Waals surface area contributed by atoms with Crippen molar-refractivity contribution in [3.63, 3.8) is 0 Å². The van der Waals surface area contributed by atoms with E-state index >= 15 is 0 Å². The lowest BCUT2D eigenvalue weighted by molar-refractivity contribution is -0.116. The molecule has 0 saturated heterocycles. The Kier molecular flexibility index (Phi) is 6.89. The Morgan fingerprint density at radius 1 is 1.12 bits per heavy atom. The van der Waals surface area contributed by atoms with Gasteiger partial charge in [-0.1, -0.05) is 56.7 Å². The molecule has 1 aromatic heterocycles. The topological polar surface area (TPSA) is 76.5 Å². The molecule has 10 atom stereocenters. The van der Waals surface area contributed by atoms with Crippen molar-refractivity contribution in [1.82, 2.24) is 4.98 Å². The number of fused-ring (bicyclic) bond motifs is 2. The molecule has 6 aliphatic carbocycles. The van der Waals surface area contributed by atoms with Gasteiger partial charge in [0.2, 0.25) is 0 Å². The average Bonchev–Trinajstić information content (AvgIpc) is 3.49. The number of aromatic amines is 1. The molecule has 0 unspecified atom stereocenters. The first-order valence-electron chi connectivity index (χ1n) is 17.2. The number of nitrogens with one attached hydrogen (secondary N) is 1. The van der Waals surface area contributed by atoms with Crippen LogP contribution in [0.4, 0.5) is 0 Å². The van der Waals surface area contributed by atoms with E-state index in [-0.39, 0.29) is 46.9 Å². The van der Waals surface area contributed by atoms with Crippen LogP contribution in [0.25, 0.3) is 0 Å². The van der Waals surface area contributed by atoms with Crippen molar-refractivity contribution in [2.24, 2.45) is 62.6 Å². The summed E-state index contributed by atoms with van der Waals surface area (Å²) in [7, 11) is 0. The number of aliphatic hydroxyl groups excluding tert-OH is 3. The first kappa shape index (κ1) is 29.1. The molecule has 6 aliphatic rings. The zero-order valence-corrected chi connectivity index (χ0v) is 26.4. The van der Waals surface area contributed by atoms with Crippen molar-refractivity contribution < 1.29 is 15.3 Å². The second-order valence-electron chi connectivity index (χ2n) is 16.5. The number of hydrogen-bond acceptors (Lipinski definition) is 3. The first-order chi connectivity index (χ1) is 20.1. The van der Waals surface area contributed by atoms with Crippen LogP contribution in [0.5, 0.6) is 0 Å². The lowest BCUT2D eigenvalue weighted by Crippen LogP contribution is -2.61. The van der Waals surface area contributed by atoms with Gasteiger partial charge in [0.15, 0.2) is 0 Å². The molecule has 230 valence electrons. The lowest BCUT2D eigenvalue weighted by atomic mass is 9.36. The standard InChI is InChI=1S/C38H55NO3/c1-25-17-32-35(4)31(8-5-12-38(35)33(25)34(38,2)3)37(14-10-29(7-6-16-40)30(37)23-42)24-36(32)13-9-26(20-36)18-28(22-41)19-27-11-15-39-21-27/h5,11-12,15,17,21,26,28-31,33,39-42H,1,6-10,13-14,16,18-20,22-24H2,2-4H3/t26-,28-,29-,30+,31+,33-,35+,36+,37-,38-/m0/s1. The van der Waals surface area contributed by atoms with E-state index in [9.17, 15) is 15.3 Å². The van der Waals surface area contributed by atoms with E-state index in [0.717, 1.165) is 32.1 Å². The SMILES string of the molecule is C=C1C=C2[C@@]3(CC[C@@H](C[C@H](CO)Cc4cc[nH]c4)C3)C[C@]3(CC[C@H](CCCO)[C@H]3CO)[C@@H]3CC=C[C@@]4([C@@H]1C4(C)C)[C@@]23C. The van der Waals surface area contributed by atoms with Crippen LogP contribution >= 0.6 is 0 Å². The van der Waals surface area contributed by atoms with Crippen molar-refractivity contribution in [3.8, 4) is 0 Å². The van der Waals surface area contributed by atoms with Crippen molar-refractivity contribution >= 4 is 0 Å². The molecule has 0 amide bonds. The summed E-state index contributed by atoms with van der Waals surface area (Å²) in [6.07, 6.45) is 24.2. The molecule has 4 heteroatoms. The monoisotopic (exact) mass is 573 g/mol. The van der Waals surface area contributed by atoms with Gasteiger partial charge >= 0.3 is 0 Å². The third-order valence-electron chi connectivity index (χ3n) is 14.7. The summed E-state index contributed by atoms with van der Waals surface area (Å²) in [6.45, 7) is 13.2. The summed E-state index contributed by atoms with van der Waals surface area (Å²) in [5.74, 6) is 2.78. The van der Waals surface area contributed by atoms with Crippen molar-refractivity contribution in [1.29, 1.82) is 0 Å². The molecular weight excluding hydrogens is 518 g/mol. The van der Waals surface area contributed by atoms with Gasteiger partial charge in [-0.3, -0.25) is 0 Å². The maximum absolute atomic E-state index is 11.2. The highest BCUT2D eigenvalue weighted by Crippen LogP contribution is 2.90. The molecule has 3 spiro atoms. The molecule has 1 aromatic rings. The molecule has 42 heavy (non-hydrogen) atoms. The third-order valence-corrected chi connectivity index (χ3v) is 14.7. The van der Waals surface area contributed by atoms with Crippen molar-refractivity contribution in [3.05, 3.63) is 60.0 Å². The summed E-state index contributed by atoms with van der Waals surface area (Å²) < 4.78 is 0. The summed E-state index contributed by atoms with van der Waals surface area (Å²) in [4.78, 5) is 3.19. The van der Waals surface area contributed by atoms with E-state index in [1.54, 1.807) is 5.57 Å². The summed E-state index contributed by atoms with van der Waals surface area (Å²) in [5.41, 5.74) is 5.02. The van der Waals surface area contributed by atoms with E-state index in [1.807, 2.05) is 6.20 Å². The highest BCUT2D eigenvalue weighted by Gasteiger charge is 2.84. The lowest BCUT2D eigenvalue weighted by Gasteiger charge is -2.67. The fourth-order valence-electron chi connectivity index (χ4n) is 13.5. The minimum Gasteiger partial charge on any atom is -0.396 e. The van der Waals surface area contributed by atoms with Gasteiger partial charge in [0.25, 0.3) is 0 Å². The Bertz CT molecular complexity index is 1260. The van der Waals surface area contributed by atoms with Gasteiger partial charge in [0.1, 0.15) is 0 Å². The molecular formula is C38H55NO3. The molecule has 4 fully saturated rings. The first-order valence-corrected chi connectivity index (χ1v) is 17.2. The molecule has 4 N–H and O–H groups in total. The van der Waals surface area contributed by atoms with Crippen LogP contribution in [0.1, 0.15) is 90.5 Å². The Morgan fingerprint density at radius 2 is 1.95 bits per heavy atom. The molecule has 7 rings (SSSR count). The summed E-state index contributed by atoms with van der Waals surface area (Å²) in [6, 6.07) is 2.15. The molecule has 4 saturated carbocycles. The minimum absolute atomic E-state index is 0.0744. The number of aliphatic hydroxyl groups is 3. The normalized spacial score (nSPS) is 45.2. The third kappa shape index (κ3) is 3.64. The molecule has 0 aliphatic heterocycles. The van der Waals surface area contributed by atoms with Gasteiger partial charge in [0, 0.05) is 43.0 Å². The van der Waals surface area contributed by atoms with Gasteiger partial charge in [-0.05, 0) is 134 Å². The molecule has 0 radical (unpaired) electrons. The van der Waals surface area contributed by atoms with Crippen molar-refractivity contribution in [2.45, 2.75) is 91.4 Å².